The lowest BCUT2D eigenvalue weighted by Gasteiger charge is -2.34. The molecule has 2 aliphatic heterocycles. The first kappa shape index (κ1) is 27.1. The first-order valence-corrected chi connectivity index (χ1v) is 15.7. The Labute approximate surface area is 233 Å². The molecule has 0 bridgehead atoms. The molecule has 0 spiro atoms. The fourth-order valence-electron chi connectivity index (χ4n) is 6.09. The summed E-state index contributed by atoms with van der Waals surface area (Å²) in [5.41, 5.74) is 3.63. The molecule has 1 N–H and O–H groups in total. The van der Waals surface area contributed by atoms with Gasteiger partial charge in [0.2, 0.25) is 0 Å². The quantitative estimate of drug-likeness (QED) is 0.177. The van der Waals surface area contributed by atoms with Crippen LogP contribution in [0.4, 0.5) is 0 Å². The maximum absolute atomic E-state index is 10.2. The minimum atomic E-state index is 0.155. The van der Waals surface area contributed by atoms with Crippen molar-refractivity contribution in [1.82, 2.24) is 4.90 Å². The van der Waals surface area contributed by atoms with Crippen LogP contribution in [0.2, 0.25) is 0 Å². The number of rotatable bonds is 13. The average molecular weight is 530 g/mol. The van der Waals surface area contributed by atoms with Crippen molar-refractivity contribution in [3.8, 4) is 11.5 Å². The number of ether oxygens (including phenoxy) is 1. The van der Waals surface area contributed by atoms with Gasteiger partial charge in [-0.05, 0) is 92.5 Å². The zero-order chi connectivity index (χ0) is 26.0. The van der Waals surface area contributed by atoms with Crippen molar-refractivity contribution in [3.05, 3.63) is 89.5 Å². The van der Waals surface area contributed by atoms with Crippen LogP contribution in [0.25, 0.3) is 0 Å². The highest BCUT2D eigenvalue weighted by Crippen LogP contribution is 2.47. The van der Waals surface area contributed by atoms with E-state index in [1.165, 1.54) is 99.2 Å². The molecule has 0 amide bonds. The van der Waals surface area contributed by atoms with Crippen LogP contribution in [0.1, 0.15) is 86.3 Å². The molecule has 0 radical (unpaired) electrons. The van der Waals surface area contributed by atoms with Gasteiger partial charge in [0.1, 0.15) is 11.5 Å². The molecule has 1 fully saturated rings. The lowest BCUT2D eigenvalue weighted by Crippen LogP contribution is -2.25. The zero-order valence-electron chi connectivity index (χ0n) is 22.7. The monoisotopic (exact) mass is 529 g/mol. The summed E-state index contributed by atoms with van der Waals surface area (Å²) >= 11 is 1.98. The van der Waals surface area contributed by atoms with Crippen LogP contribution in [-0.4, -0.2) is 42.0 Å². The molecular formula is C34H43NO2S. The highest BCUT2D eigenvalue weighted by atomic mass is 32.2. The Morgan fingerprint density at radius 1 is 0.763 bits per heavy atom. The maximum atomic E-state index is 10.2. The largest absolute Gasteiger partial charge is 0.508 e. The van der Waals surface area contributed by atoms with Crippen LogP contribution in [0, 0.1) is 0 Å². The number of phenolic OH excluding ortho intramolecular Hbond substituents is 1. The topological polar surface area (TPSA) is 32.7 Å². The number of phenols is 1. The Hall–Kier alpha value is -2.43. The summed E-state index contributed by atoms with van der Waals surface area (Å²) in [6, 6.07) is 25.2. The van der Waals surface area contributed by atoms with Gasteiger partial charge in [-0.25, -0.2) is 0 Å². The van der Waals surface area contributed by atoms with E-state index in [1.807, 2.05) is 23.9 Å². The second kappa shape index (κ2) is 14.1. The predicted octanol–water partition coefficient (Wildman–Crippen LogP) is 8.62. The fourth-order valence-corrected chi connectivity index (χ4v) is 7.01. The molecule has 3 aromatic carbocycles. The SMILES string of the molecule is Oc1ccc2c(c1)[C@@H](c1ccc(SCCCCCCCCCN3CCCC3)cc1)[C@@H](c1ccccc1)CO2. The van der Waals surface area contributed by atoms with Crippen molar-refractivity contribution in [3.63, 3.8) is 0 Å². The number of unbranched alkanes of at least 4 members (excludes halogenated alkanes) is 6. The van der Waals surface area contributed by atoms with Crippen LogP contribution in [0.3, 0.4) is 0 Å². The van der Waals surface area contributed by atoms with E-state index in [4.69, 9.17) is 4.74 Å². The zero-order valence-corrected chi connectivity index (χ0v) is 23.5. The van der Waals surface area contributed by atoms with E-state index < -0.39 is 0 Å². The standard InChI is InChI=1S/C34H43NO2S/c36-29-17-20-33-31(25-29)34(32(26-37-33)27-13-7-6-8-14-27)28-15-18-30(19-16-28)38-24-12-5-3-1-2-4-9-21-35-22-10-11-23-35/h6-8,13-20,25,32,34,36H,1-5,9-12,21-24,26H2/t32-,34-/m1/s1. The number of hydrogen-bond donors (Lipinski definition) is 1. The number of nitrogens with zero attached hydrogens (tertiary/aromatic N) is 1. The van der Waals surface area contributed by atoms with Gasteiger partial charge in [0.05, 0.1) is 6.61 Å². The molecule has 0 unspecified atom stereocenters. The average Bonchev–Trinajstić information content (AvgIpc) is 3.48. The van der Waals surface area contributed by atoms with Crippen molar-refractivity contribution >= 4 is 11.8 Å². The number of thioether (sulfide) groups is 1. The summed E-state index contributed by atoms with van der Waals surface area (Å²) in [5, 5.41) is 10.2. The molecule has 3 aromatic rings. The number of fused-ring (bicyclic) bond motifs is 1. The summed E-state index contributed by atoms with van der Waals surface area (Å²) in [5.74, 6) is 2.73. The Balaban J connectivity index is 1.09. The van der Waals surface area contributed by atoms with Crippen molar-refractivity contribution < 1.29 is 9.84 Å². The predicted molar refractivity (Wildman–Crippen MR) is 160 cm³/mol. The van der Waals surface area contributed by atoms with Crippen molar-refractivity contribution in [2.45, 2.75) is 74.5 Å². The summed E-state index contributed by atoms with van der Waals surface area (Å²) in [6.07, 6.45) is 12.4. The first-order valence-electron chi connectivity index (χ1n) is 14.7. The molecular weight excluding hydrogens is 486 g/mol. The Morgan fingerprint density at radius 3 is 2.24 bits per heavy atom. The van der Waals surface area contributed by atoms with E-state index in [-0.39, 0.29) is 11.8 Å². The first-order chi connectivity index (χ1) is 18.8. The van der Waals surface area contributed by atoms with Crippen molar-refractivity contribution in [2.75, 3.05) is 32.0 Å². The number of aromatic hydroxyl groups is 1. The number of benzene rings is 3. The van der Waals surface area contributed by atoms with Crippen LogP contribution < -0.4 is 4.74 Å². The molecule has 4 heteroatoms. The Bertz CT molecular complexity index is 1110. The van der Waals surface area contributed by atoms with Gasteiger partial charge in [-0.15, -0.1) is 11.8 Å². The summed E-state index contributed by atoms with van der Waals surface area (Å²) < 4.78 is 6.14. The maximum Gasteiger partial charge on any atom is 0.123 e. The highest BCUT2D eigenvalue weighted by Gasteiger charge is 2.33. The molecule has 0 aliphatic carbocycles. The van der Waals surface area contributed by atoms with Gasteiger partial charge in [-0.1, -0.05) is 74.6 Å². The van der Waals surface area contributed by atoms with Gasteiger partial charge in [0.15, 0.2) is 0 Å². The van der Waals surface area contributed by atoms with Gasteiger partial charge in [0, 0.05) is 22.3 Å². The molecule has 0 saturated carbocycles. The van der Waals surface area contributed by atoms with Crippen LogP contribution in [-0.2, 0) is 0 Å². The molecule has 2 heterocycles. The molecule has 0 aromatic heterocycles. The van der Waals surface area contributed by atoms with Gasteiger partial charge in [0.25, 0.3) is 0 Å². The number of likely N-dealkylation sites (tertiary alicyclic amines) is 1. The molecule has 38 heavy (non-hydrogen) atoms. The number of hydrogen-bond acceptors (Lipinski definition) is 4. The van der Waals surface area contributed by atoms with E-state index in [1.54, 1.807) is 6.07 Å². The molecule has 1 saturated heterocycles. The smallest absolute Gasteiger partial charge is 0.123 e. The van der Waals surface area contributed by atoms with Gasteiger partial charge < -0.3 is 14.7 Å². The lowest BCUT2D eigenvalue weighted by atomic mass is 9.76. The normalized spacial score (nSPS) is 19.3. The molecule has 5 rings (SSSR count). The Morgan fingerprint density at radius 2 is 1.47 bits per heavy atom. The van der Waals surface area contributed by atoms with E-state index in [9.17, 15) is 5.11 Å². The van der Waals surface area contributed by atoms with Crippen LogP contribution in [0.15, 0.2) is 77.7 Å². The van der Waals surface area contributed by atoms with Gasteiger partial charge in [-0.2, -0.15) is 0 Å². The van der Waals surface area contributed by atoms with E-state index >= 15 is 0 Å². The third-order valence-electron chi connectivity index (χ3n) is 8.20. The Kier molecular flexibility index (Phi) is 10.1. The van der Waals surface area contributed by atoms with Crippen molar-refractivity contribution in [2.24, 2.45) is 0 Å². The van der Waals surface area contributed by atoms with Crippen LogP contribution >= 0.6 is 11.8 Å². The van der Waals surface area contributed by atoms with Gasteiger partial charge in [-0.3, -0.25) is 0 Å². The van der Waals surface area contributed by atoms with E-state index in [2.05, 4.69) is 59.5 Å². The minimum absolute atomic E-state index is 0.155. The van der Waals surface area contributed by atoms with Crippen LogP contribution in [0.5, 0.6) is 11.5 Å². The molecule has 202 valence electrons. The third-order valence-corrected chi connectivity index (χ3v) is 9.30. The second-order valence-electron chi connectivity index (χ2n) is 11.0. The second-order valence-corrected chi connectivity index (χ2v) is 12.1. The highest BCUT2D eigenvalue weighted by molar-refractivity contribution is 7.99. The lowest BCUT2D eigenvalue weighted by molar-refractivity contribution is 0.248. The van der Waals surface area contributed by atoms with E-state index in [0.717, 1.165) is 11.3 Å². The van der Waals surface area contributed by atoms with Gasteiger partial charge >= 0.3 is 0 Å². The third kappa shape index (κ3) is 7.36. The molecule has 2 aliphatic rings. The molecule has 2 atom stereocenters. The summed E-state index contributed by atoms with van der Waals surface area (Å²) in [6.45, 7) is 4.64. The van der Waals surface area contributed by atoms with E-state index in [0.29, 0.717) is 12.4 Å². The minimum Gasteiger partial charge on any atom is -0.508 e. The molecule has 3 nitrogen and oxygen atoms in total. The van der Waals surface area contributed by atoms with Crippen molar-refractivity contribution in [1.29, 1.82) is 0 Å². The summed E-state index contributed by atoms with van der Waals surface area (Å²) in [7, 11) is 0. The fraction of sp³-hybridized carbons (Fsp3) is 0.471. The summed E-state index contributed by atoms with van der Waals surface area (Å²) in [4.78, 5) is 3.98.